The number of nitrogens with zero attached hydrogens (tertiary/aromatic N) is 1. The van der Waals surface area contributed by atoms with E-state index in [-0.39, 0.29) is 5.91 Å². The van der Waals surface area contributed by atoms with E-state index < -0.39 is 0 Å². The van der Waals surface area contributed by atoms with E-state index in [1.165, 1.54) is 15.3 Å². The predicted octanol–water partition coefficient (Wildman–Crippen LogP) is 3.74. The Morgan fingerprint density at radius 2 is 2.09 bits per heavy atom. The number of nitrogens with one attached hydrogen (secondary N) is 1. The van der Waals surface area contributed by atoms with E-state index in [4.69, 9.17) is 0 Å². The molecule has 0 aliphatic carbocycles. The summed E-state index contributed by atoms with van der Waals surface area (Å²) < 4.78 is 0. The molecule has 1 aliphatic heterocycles. The molecular formula is C17H20N2OS2. The van der Waals surface area contributed by atoms with Crippen LogP contribution in [-0.2, 0) is 19.6 Å². The molecular weight excluding hydrogens is 312 g/mol. The van der Waals surface area contributed by atoms with Crippen molar-refractivity contribution in [1.82, 2.24) is 10.2 Å². The topological polar surface area (TPSA) is 32.3 Å². The molecule has 0 unspecified atom stereocenters. The van der Waals surface area contributed by atoms with Gasteiger partial charge in [0.05, 0.1) is 4.88 Å². The molecule has 0 spiro atoms. The van der Waals surface area contributed by atoms with Gasteiger partial charge in [-0.2, -0.15) is 0 Å². The number of hydrogen-bond acceptors (Lipinski definition) is 4. The van der Waals surface area contributed by atoms with Crippen LogP contribution in [0.25, 0.3) is 0 Å². The maximum atomic E-state index is 12.3. The summed E-state index contributed by atoms with van der Waals surface area (Å²) in [6, 6.07) is 10.4. The van der Waals surface area contributed by atoms with Gasteiger partial charge in [-0.3, -0.25) is 9.69 Å². The Hall–Kier alpha value is -1.30. The Kier molecular flexibility index (Phi) is 4.86. The Bertz CT molecular complexity index is 640. The van der Waals surface area contributed by atoms with Crippen LogP contribution in [0.4, 0.5) is 0 Å². The zero-order valence-electron chi connectivity index (χ0n) is 12.9. The van der Waals surface area contributed by atoms with Gasteiger partial charge in [-0.1, -0.05) is 19.1 Å². The molecule has 1 N–H and O–H groups in total. The van der Waals surface area contributed by atoms with E-state index >= 15 is 0 Å². The monoisotopic (exact) mass is 332 g/mol. The van der Waals surface area contributed by atoms with Gasteiger partial charge in [-0.15, -0.1) is 23.1 Å². The van der Waals surface area contributed by atoms with Gasteiger partial charge in [-0.05, 0) is 42.1 Å². The molecule has 0 saturated heterocycles. The molecule has 2 aromatic rings. The zero-order chi connectivity index (χ0) is 15.5. The highest BCUT2D eigenvalue weighted by molar-refractivity contribution is 7.99. The predicted molar refractivity (Wildman–Crippen MR) is 93.5 cm³/mol. The maximum Gasteiger partial charge on any atom is 0.261 e. The third-order valence-corrected chi connectivity index (χ3v) is 5.72. The number of thioether (sulfide) groups is 1. The van der Waals surface area contributed by atoms with Crippen LogP contribution in [0.3, 0.4) is 0 Å². The van der Waals surface area contributed by atoms with Crippen molar-refractivity contribution in [2.75, 3.05) is 12.8 Å². The van der Waals surface area contributed by atoms with Gasteiger partial charge >= 0.3 is 0 Å². The lowest BCUT2D eigenvalue weighted by molar-refractivity contribution is 0.0955. The quantitative estimate of drug-likeness (QED) is 0.847. The fraction of sp³-hybridized carbons (Fsp3) is 0.353. The van der Waals surface area contributed by atoms with Crippen molar-refractivity contribution < 1.29 is 4.79 Å². The molecule has 116 valence electrons. The molecule has 3 rings (SSSR count). The fourth-order valence-electron chi connectivity index (χ4n) is 2.58. The van der Waals surface area contributed by atoms with Gasteiger partial charge in [0, 0.05) is 29.4 Å². The largest absolute Gasteiger partial charge is 0.347 e. The minimum Gasteiger partial charge on any atom is -0.347 e. The maximum absolute atomic E-state index is 12.3. The van der Waals surface area contributed by atoms with E-state index in [2.05, 4.69) is 48.5 Å². The molecule has 0 atom stereocenters. The average Bonchev–Trinajstić information content (AvgIpc) is 3.04. The van der Waals surface area contributed by atoms with Crippen LogP contribution in [0.2, 0.25) is 0 Å². The van der Waals surface area contributed by atoms with Crippen LogP contribution in [0.5, 0.6) is 0 Å². The van der Waals surface area contributed by atoms with Gasteiger partial charge in [0.25, 0.3) is 5.91 Å². The second-order valence-corrected chi connectivity index (χ2v) is 7.97. The third kappa shape index (κ3) is 3.54. The molecule has 0 fully saturated rings. The highest BCUT2D eigenvalue weighted by atomic mass is 32.2. The molecule has 2 heterocycles. The summed E-state index contributed by atoms with van der Waals surface area (Å²) in [6.07, 6.45) is 0. The number of carbonyl (C=O) groups is 1. The Morgan fingerprint density at radius 3 is 2.77 bits per heavy atom. The molecule has 1 aromatic heterocycles. The van der Waals surface area contributed by atoms with E-state index in [0.29, 0.717) is 6.54 Å². The number of hydrogen-bond donors (Lipinski definition) is 1. The average molecular weight is 332 g/mol. The van der Waals surface area contributed by atoms with Crippen molar-refractivity contribution in [2.24, 2.45) is 0 Å². The molecule has 1 aromatic carbocycles. The summed E-state index contributed by atoms with van der Waals surface area (Å²) in [4.78, 5) is 18.0. The van der Waals surface area contributed by atoms with Crippen LogP contribution < -0.4 is 5.32 Å². The Morgan fingerprint density at radius 1 is 1.32 bits per heavy atom. The zero-order valence-corrected chi connectivity index (χ0v) is 14.5. The first-order valence-electron chi connectivity index (χ1n) is 7.45. The van der Waals surface area contributed by atoms with Crippen LogP contribution >= 0.6 is 23.1 Å². The van der Waals surface area contributed by atoms with E-state index in [1.807, 2.05) is 17.8 Å². The first-order chi connectivity index (χ1) is 10.7. The van der Waals surface area contributed by atoms with E-state index in [1.54, 1.807) is 11.3 Å². The Balaban J connectivity index is 1.57. The van der Waals surface area contributed by atoms with Gasteiger partial charge in [0.1, 0.15) is 0 Å². The Labute approximate surface area is 139 Å². The van der Waals surface area contributed by atoms with Crippen molar-refractivity contribution in [3.63, 3.8) is 0 Å². The number of carbonyl (C=O) groups excluding carboxylic acids is 1. The number of fused-ring (bicyclic) bond motifs is 1. The lowest BCUT2D eigenvalue weighted by Crippen LogP contribution is -2.21. The highest BCUT2D eigenvalue weighted by Crippen LogP contribution is 2.30. The van der Waals surface area contributed by atoms with Crippen LogP contribution in [0, 0.1) is 0 Å². The number of thiophene rings is 1. The molecule has 0 radical (unpaired) electrons. The van der Waals surface area contributed by atoms with Gasteiger partial charge in [0.2, 0.25) is 0 Å². The molecule has 22 heavy (non-hydrogen) atoms. The molecule has 3 nitrogen and oxygen atoms in total. The second-order valence-electron chi connectivity index (χ2n) is 5.49. The number of rotatable bonds is 5. The number of amides is 1. The van der Waals surface area contributed by atoms with Crippen molar-refractivity contribution >= 4 is 29.0 Å². The molecule has 1 aliphatic rings. The standard InChI is InChI=1S/C17H20N2OS2/c1-3-21-14-6-4-12(5-7-14)9-18-17(20)15-8-13-10-19(2)11-16(13)22-15/h4-8H,3,9-11H2,1-2H3,(H,18,20). The lowest BCUT2D eigenvalue weighted by Gasteiger charge is -2.06. The van der Waals surface area contributed by atoms with Crippen molar-refractivity contribution in [3.8, 4) is 0 Å². The third-order valence-electron chi connectivity index (χ3n) is 3.66. The molecule has 0 saturated carbocycles. The van der Waals surface area contributed by atoms with Crippen molar-refractivity contribution in [1.29, 1.82) is 0 Å². The molecule has 5 heteroatoms. The number of benzene rings is 1. The summed E-state index contributed by atoms with van der Waals surface area (Å²) in [6.45, 7) is 4.65. The SMILES string of the molecule is CCSc1ccc(CNC(=O)c2cc3c(s2)CN(C)C3)cc1. The summed E-state index contributed by atoms with van der Waals surface area (Å²) in [5.41, 5.74) is 2.44. The van der Waals surface area contributed by atoms with Crippen LogP contribution in [0.1, 0.15) is 32.6 Å². The lowest BCUT2D eigenvalue weighted by atomic mass is 10.2. The van der Waals surface area contributed by atoms with Crippen LogP contribution in [-0.4, -0.2) is 23.6 Å². The summed E-state index contributed by atoms with van der Waals surface area (Å²) in [5, 5.41) is 3.02. The molecule has 0 bridgehead atoms. The van der Waals surface area contributed by atoms with Crippen LogP contribution in [0.15, 0.2) is 35.2 Å². The fourth-order valence-corrected chi connectivity index (χ4v) is 4.41. The van der Waals surface area contributed by atoms with E-state index in [0.717, 1.165) is 29.3 Å². The highest BCUT2D eigenvalue weighted by Gasteiger charge is 2.21. The van der Waals surface area contributed by atoms with Gasteiger partial charge in [0.15, 0.2) is 0 Å². The van der Waals surface area contributed by atoms with Gasteiger partial charge < -0.3 is 5.32 Å². The van der Waals surface area contributed by atoms with Crippen molar-refractivity contribution in [3.05, 3.63) is 51.2 Å². The van der Waals surface area contributed by atoms with Gasteiger partial charge in [-0.25, -0.2) is 0 Å². The first-order valence-corrected chi connectivity index (χ1v) is 9.26. The van der Waals surface area contributed by atoms with Crippen molar-refractivity contribution in [2.45, 2.75) is 31.5 Å². The molecule has 1 amide bonds. The summed E-state index contributed by atoms with van der Waals surface area (Å²) in [7, 11) is 2.10. The minimum absolute atomic E-state index is 0.0362. The summed E-state index contributed by atoms with van der Waals surface area (Å²) in [5.74, 6) is 1.11. The smallest absolute Gasteiger partial charge is 0.261 e. The normalized spacial score (nSPS) is 14.1. The summed E-state index contributed by atoms with van der Waals surface area (Å²) >= 11 is 3.45. The second kappa shape index (κ2) is 6.86. The first kappa shape index (κ1) is 15.6. The minimum atomic E-state index is 0.0362. The van der Waals surface area contributed by atoms with E-state index in [9.17, 15) is 4.79 Å².